The van der Waals surface area contributed by atoms with Crippen LogP contribution in [0.4, 0.5) is 5.69 Å². The molecule has 0 radical (unpaired) electrons. The molecule has 0 aliphatic heterocycles. The molecule has 18 heavy (non-hydrogen) atoms. The fraction of sp³-hybridized carbons (Fsp3) is 0.417. The van der Waals surface area contributed by atoms with Crippen LogP contribution in [0.2, 0.25) is 0 Å². The van der Waals surface area contributed by atoms with Crippen LogP contribution >= 0.6 is 0 Å². The lowest BCUT2D eigenvalue weighted by Crippen LogP contribution is -2.33. The minimum absolute atomic E-state index is 0.0314. The zero-order valence-corrected chi connectivity index (χ0v) is 10.5. The van der Waals surface area contributed by atoms with Gasteiger partial charge in [0.15, 0.2) is 11.9 Å². The molecule has 1 aromatic carbocycles. The highest BCUT2D eigenvalue weighted by molar-refractivity contribution is 5.76. The number of aromatic nitrogens is 1. The van der Waals surface area contributed by atoms with Gasteiger partial charge in [0, 0.05) is 19.9 Å². The summed E-state index contributed by atoms with van der Waals surface area (Å²) in [6, 6.07) is 5.34. The van der Waals surface area contributed by atoms with Crippen LogP contribution in [0.3, 0.4) is 0 Å². The van der Waals surface area contributed by atoms with Gasteiger partial charge in [0.25, 0.3) is 0 Å². The molecule has 98 valence electrons. The maximum Gasteiger partial charge on any atom is 0.417 e. The molecular formula is C12H16N2O4. The van der Waals surface area contributed by atoms with Gasteiger partial charge in [0.05, 0.1) is 11.6 Å². The number of anilines is 1. The molecule has 0 aliphatic carbocycles. The topological polar surface area (TPSA) is 76.5 Å². The molecule has 2 N–H and O–H groups in total. The Bertz CT molecular complexity index is 571. The Kier molecular flexibility index (Phi) is 3.69. The number of hydrogen-bond donors (Lipinski definition) is 2. The van der Waals surface area contributed by atoms with Gasteiger partial charge in [-0.2, -0.15) is 0 Å². The number of oxazole rings is 1. The highest BCUT2D eigenvalue weighted by Crippen LogP contribution is 2.17. The van der Waals surface area contributed by atoms with Crippen molar-refractivity contribution in [3.05, 3.63) is 28.7 Å². The number of ether oxygens (including phenoxy) is 2. The molecular weight excluding hydrogens is 236 g/mol. The lowest BCUT2D eigenvalue weighted by Gasteiger charge is -2.23. The Labute approximate surface area is 104 Å². The fourth-order valence-corrected chi connectivity index (χ4v) is 1.88. The van der Waals surface area contributed by atoms with Crippen molar-refractivity contribution in [1.29, 1.82) is 0 Å². The van der Waals surface area contributed by atoms with Crippen LogP contribution < -0.4 is 11.1 Å². The van der Waals surface area contributed by atoms with Crippen LogP contribution in [0.1, 0.15) is 6.92 Å². The quantitative estimate of drug-likeness (QED) is 0.789. The van der Waals surface area contributed by atoms with E-state index in [1.54, 1.807) is 26.4 Å². The zero-order chi connectivity index (χ0) is 13.1. The molecule has 2 rings (SSSR count). The number of benzene rings is 1. The van der Waals surface area contributed by atoms with Crippen molar-refractivity contribution in [2.45, 2.75) is 19.3 Å². The van der Waals surface area contributed by atoms with Crippen molar-refractivity contribution in [2.75, 3.05) is 19.5 Å². The van der Waals surface area contributed by atoms with Gasteiger partial charge in [-0.3, -0.25) is 4.98 Å². The normalized spacial score (nSPS) is 13.1. The first-order chi connectivity index (χ1) is 8.63. The second-order valence-electron chi connectivity index (χ2n) is 4.00. The van der Waals surface area contributed by atoms with Crippen molar-refractivity contribution in [1.82, 2.24) is 4.98 Å². The van der Waals surface area contributed by atoms with Crippen LogP contribution in [0, 0.1) is 0 Å². The van der Waals surface area contributed by atoms with E-state index < -0.39 is 5.76 Å². The van der Waals surface area contributed by atoms with E-state index in [0.29, 0.717) is 11.1 Å². The molecule has 0 saturated carbocycles. The molecule has 0 saturated heterocycles. The summed E-state index contributed by atoms with van der Waals surface area (Å²) in [6.07, 6.45) is -0.343. The summed E-state index contributed by atoms with van der Waals surface area (Å²) < 4.78 is 15.3. The first kappa shape index (κ1) is 12.7. The molecule has 0 bridgehead atoms. The molecule has 1 heterocycles. The lowest BCUT2D eigenvalue weighted by atomic mass is 10.2. The molecule has 6 nitrogen and oxygen atoms in total. The molecule has 0 spiro atoms. The lowest BCUT2D eigenvalue weighted by molar-refractivity contribution is -0.109. The third-order valence-electron chi connectivity index (χ3n) is 2.69. The summed E-state index contributed by atoms with van der Waals surface area (Å²) in [5.41, 5.74) is 2.04. The first-order valence-corrected chi connectivity index (χ1v) is 5.59. The van der Waals surface area contributed by atoms with Gasteiger partial charge in [0.1, 0.15) is 0 Å². The second-order valence-corrected chi connectivity index (χ2v) is 4.00. The van der Waals surface area contributed by atoms with E-state index in [9.17, 15) is 4.79 Å². The Morgan fingerprint density at radius 3 is 2.72 bits per heavy atom. The van der Waals surface area contributed by atoms with Crippen LogP contribution in [0.15, 0.2) is 27.4 Å². The van der Waals surface area contributed by atoms with Gasteiger partial charge in [-0.25, -0.2) is 4.79 Å². The smallest absolute Gasteiger partial charge is 0.408 e. The standard InChI is InChI=1S/C12H16N2O4/c1-7(11(16-2)17-3)13-8-4-5-10-9(6-8)14-12(15)18-10/h4-7,11,13H,1-3H3,(H,14,15). The minimum Gasteiger partial charge on any atom is -0.408 e. The van der Waals surface area contributed by atoms with Gasteiger partial charge < -0.3 is 19.2 Å². The molecule has 2 aromatic rings. The van der Waals surface area contributed by atoms with Crippen LogP contribution in [-0.4, -0.2) is 31.5 Å². The SMILES string of the molecule is COC(OC)C(C)Nc1ccc2oc(=O)[nH]c2c1. The summed E-state index contributed by atoms with van der Waals surface area (Å²) in [5, 5.41) is 3.23. The monoisotopic (exact) mass is 252 g/mol. The summed E-state index contributed by atoms with van der Waals surface area (Å²) in [4.78, 5) is 13.6. The molecule has 6 heteroatoms. The van der Waals surface area contributed by atoms with Gasteiger partial charge in [-0.15, -0.1) is 0 Å². The van der Waals surface area contributed by atoms with Crippen molar-refractivity contribution < 1.29 is 13.9 Å². The number of H-pyrrole nitrogens is 1. The summed E-state index contributed by atoms with van der Waals surface area (Å²) in [7, 11) is 3.17. The minimum atomic E-state index is -0.457. The number of rotatable bonds is 5. The van der Waals surface area contributed by atoms with E-state index in [1.807, 2.05) is 13.0 Å². The van der Waals surface area contributed by atoms with Crippen LogP contribution in [-0.2, 0) is 9.47 Å². The molecule has 0 fully saturated rings. The Morgan fingerprint density at radius 1 is 1.33 bits per heavy atom. The Hall–Kier alpha value is -1.79. The van der Waals surface area contributed by atoms with Gasteiger partial charge in [-0.1, -0.05) is 0 Å². The largest absolute Gasteiger partial charge is 0.417 e. The second kappa shape index (κ2) is 5.24. The molecule has 1 atom stereocenters. The third kappa shape index (κ3) is 2.55. The van der Waals surface area contributed by atoms with E-state index in [-0.39, 0.29) is 12.3 Å². The first-order valence-electron chi connectivity index (χ1n) is 5.59. The molecule has 0 amide bonds. The van der Waals surface area contributed by atoms with Crippen molar-refractivity contribution in [3.63, 3.8) is 0 Å². The zero-order valence-electron chi connectivity index (χ0n) is 10.5. The van der Waals surface area contributed by atoms with E-state index in [2.05, 4.69) is 10.3 Å². The van der Waals surface area contributed by atoms with Crippen molar-refractivity contribution >= 4 is 16.8 Å². The van der Waals surface area contributed by atoms with Crippen molar-refractivity contribution in [3.8, 4) is 0 Å². The van der Waals surface area contributed by atoms with Gasteiger partial charge in [0.2, 0.25) is 0 Å². The number of methoxy groups -OCH3 is 2. The Balaban J connectivity index is 2.18. The predicted octanol–water partition coefficient (Wildman–Crippen LogP) is 1.54. The average molecular weight is 252 g/mol. The number of aromatic amines is 1. The highest BCUT2D eigenvalue weighted by Gasteiger charge is 2.15. The summed E-state index contributed by atoms with van der Waals surface area (Å²) >= 11 is 0. The number of fused-ring (bicyclic) bond motifs is 1. The van der Waals surface area contributed by atoms with Crippen LogP contribution in [0.5, 0.6) is 0 Å². The highest BCUT2D eigenvalue weighted by atomic mass is 16.7. The third-order valence-corrected chi connectivity index (χ3v) is 2.69. The fourth-order valence-electron chi connectivity index (χ4n) is 1.88. The predicted molar refractivity (Wildman–Crippen MR) is 67.7 cm³/mol. The van der Waals surface area contributed by atoms with E-state index in [4.69, 9.17) is 13.9 Å². The maximum absolute atomic E-state index is 11.0. The van der Waals surface area contributed by atoms with Crippen molar-refractivity contribution in [2.24, 2.45) is 0 Å². The molecule has 0 aliphatic rings. The number of hydrogen-bond acceptors (Lipinski definition) is 5. The van der Waals surface area contributed by atoms with E-state index in [0.717, 1.165) is 5.69 Å². The summed E-state index contributed by atoms with van der Waals surface area (Å²) in [5.74, 6) is -0.457. The summed E-state index contributed by atoms with van der Waals surface area (Å²) in [6.45, 7) is 1.94. The van der Waals surface area contributed by atoms with E-state index >= 15 is 0 Å². The molecule has 1 unspecified atom stereocenters. The van der Waals surface area contributed by atoms with E-state index in [1.165, 1.54) is 0 Å². The maximum atomic E-state index is 11.0. The molecule has 1 aromatic heterocycles. The Morgan fingerprint density at radius 2 is 2.06 bits per heavy atom. The average Bonchev–Trinajstić information content (AvgIpc) is 2.70. The van der Waals surface area contributed by atoms with Crippen LogP contribution in [0.25, 0.3) is 11.1 Å². The van der Waals surface area contributed by atoms with Gasteiger partial charge >= 0.3 is 5.76 Å². The van der Waals surface area contributed by atoms with Gasteiger partial charge in [-0.05, 0) is 25.1 Å². The number of nitrogens with one attached hydrogen (secondary N) is 2.